The summed E-state index contributed by atoms with van der Waals surface area (Å²) in [5.41, 5.74) is 3.04. The van der Waals surface area contributed by atoms with E-state index in [4.69, 9.17) is 0 Å². The van der Waals surface area contributed by atoms with E-state index >= 15 is 0 Å². The minimum absolute atomic E-state index is 0.804. The van der Waals surface area contributed by atoms with Crippen molar-refractivity contribution in [3.05, 3.63) is 49.1 Å². The fraction of sp³-hybridized carbons (Fsp3) is 0.0714. The summed E-state index contributed by atoms with van der Waals surface area (Å²) in [6.07, 6.45) is 5.39. The van der Waals surface area contributed by atoms with Crippen molar-refractivity contribution in [1.82, 2.24) is 24.1 Å². The van der Waals surface area contributed by atoms with Gasteiger partial charge in [-0.15, -0.1) is 0 Å². The number of hydrogen-bond donors (Lipinski definition) is 0. The Bertz CT molecular complexity index is 887. The zero-order valence-electron chi connectivity index (χ0n) is 10.4. The summed E-state index contributed by atoms with van der Waals surface area (Å²) in [5, 5.41) is 5.46. The second-order valence-electron chi connectivity index (χ2n) is 4.47. The Morgan fingerprint density at radius 3 is 2.89 bits per heavy atom. The van der Waals surface area contributed by atoms with Gasteiger partial charge in [0, 0.05) is 35.8 Å². The molecule has 0 aliphatic heterocycles. The summed E-state index contributed by atoms with van der Waals surface area (Å²) in [4.78, 5) is 8.59. The molecule has 0 spiro atoms. The number of aryl methyl sites for hydroxylation is 1. The molecule has 4 rings (SSSR count). The van der Waals surface area contributed by atoms with Gasteiger partial charge in [-0.3, -0.25) is 0 Å². The SMILES string of the molecule is Cn1cc(-c2ncnc3ccnn23)c2ccccc21. The van der Waals surface area contributed by atoms with Crippen LogP contribution in [-0.4, -0.2) is 24.1 Å². The summed E-state index contributed by atoms with van der Waals surface area (Å²) >= 11 is 0. The van der Waals surface area contributed by atoms with E-state index in [1.165, 1.54) is 10.9 Å². The highest BCUT2D eigenvalue weighted by molar-refractivity contribution is 5.94. The lowest BCUT2D eigenvalue weighted by atomic mass is 10.1. The van der Waals surface area contributed by atoms with E-state index in [1.807, 2.05) is 25.2 Å². The first-order valence-electron chi connectivity index (χ1n) is 6.04. The molecule has 0 atom stereocenters. The molecule has 0 bridgehead atoms. The lowest BCUT2D eigenvalue weighted by Crippen LogP contribution is -1.98. The monoisotopic (exact) mass is 249 g/mol. The van der Waals surface area contributed by atoms with Crippen molar-refractivity contribution in [2.24, 2.45) is 7.05 Å². The molecule has 0 saturated carbocycles. The molecule has 0 unspecified atom stereocenters. The molecule has 5 heteroatoms. The molecule has 0 fully saturated rings. The Kier molecular flexibility index (Phi) is 1.97. The van der Waals surface area contributed by atoms with Gasteiger partial charge < -0.3 is 4.57 Å². The Labute approximate surface area is 109 Å². The molecular formula is C14H11N5. The van der Waals surface area contributed by atoms with Crippen molar-refractivity contribution >= 4 is 16.6 Å². The molecule has 92 valence electrons. The number of benzene rings is 1. The zero-order valence-corrected chi connectivity index (χ0v) is 10.4. The normalized spacial score (nSPS) is 11.4. The molecule has 0 N–H and O–H groups in total. The topological polar surface area (TPSA) is 48.0 Å². The quantitative estimate of drug-likeness (QED) is 0.520. The van der Waals surface area contributed by atoms with Crippen LogP contribution in [0, 0.1) is 0 Å². The average molecular weight is 249 g/mol. The first-order chi connectivity index (χ1) is 9.34. The predicted octanol–water partition coefficient (Wildman–Crippen LogP) is 2.28. The van der Waals surface area contributed by atoms with Gasteiger partial charge in [-0.05, 0) is 6.07 Å². The number of para-hydroxylation sites is 1. The third-order valence-corrected chi connectivity index (χ3v) is 3.33. The molecule has 0 saturated heterocycles. The van der Waals surface area contributed by atoms with E-state index in [9.17, 15) is 0 Å². The van der Waals surface area contributed by atoms with Crippen molar-refractivity contribution in [3.63, 3.8) is 0 Å². The van der Waals surface area contributed by atoms with E-state index in [-0.39, 0.29) is 0 Å². The third kappa shape index (κ3) is 1.38. The van der Waals surface area contributed by atoms with Crippen LogP contribution >= 0.6 is 0 Å². The number of fused-ring (bicyclic) bond motifs is 2. The van der Waals surface area contributed by atoms with Crippen LogP contribution in [0.5, 0.6) is 0 Å². The van der Waals surface area contributed by atoms with E-state index < -0.39 is 0 Å². The molecule has 3 aromatic heterocycles. The third-order valence-electron chi connectivity index (χ3n) is 3.33. The maximum Gasteiger partial charge on any atom is 0.166 e. The lowest BCUT2D eigenvalue weighted by molar-refractivity contribution is 0.900. The fourth-order valence-corrected chi connectivity index (χ4v) is 2.46. The predicted molar refractivity (Wildman–Crippen MR) is 72.7 cm³/mol. The first-order valence-corrected chi connectivity index (χ1v) is 6.04. The standard InChI is InChI=1S/C14H11N5/c1-18-8-11(10-4-2-3-5-12(10)18)14-16-9-15-13-6-7-17-19(13)14/h2-9H,1H3. The minimum Gasteiger partial charge on any atom is -0.350 e. The van der Waals surface area contributed by atoms with Crippen LogP contribution in [0.1, 0.15) is 0 Å². The zero-order chi connectivity index (χ0) is 12.8. The molecule has 0 radical (unpaired) electrons. The Hall–Kier alpha value is -2.69. The average Bonchev–Trinajstić information content (AvgIpc) is 3.04. The van der Waals surface area contributed by atoms with Crippen LogP contribution in [-0.2, 0) is 7.05 Å². The number of hydrogen-bond acceptors (Lipinski definition) is 3. The van der Waals surface area contributed by atoms with Gasteiger partial charge >= 0.3 is 0 Å². The van der Waals surface area contributed by atoms with Crippen LogP contribution in [0.4, 0.5) is 0 Å². The van der Waals surface area contributed by atoms with Crippen molar-refractivity contribution in [2.75, 3.05) is 0 Å². The summed E-state index contributed by atoms with van der Waals surface area (Å²) in [5.74, 6) is 0.812. The molecule has 4 aromatic rings. The molecule has 1 aromatic carbocycles. The fourth-order valence-electron chi connectivity index (χ4n) is 2.46. The highest BCUT2D eigenvalue weighted by Gasteiger charge is 2.12. The van der Waals surface area contributed by atoms with Gasteiger partial charge in [0.15, 0.2) is 11.5 Å². The summed E-state index contributed by atoms with van der Waals surface area (Å²) in [6, 6.07) is 10.1. The lowest BCUT2D eigenvalue weighted by Gasteiger charge is -2.01. The highest BCUT2D eigenvalue weighted by atomic mass is 15.3. The second kappa shape index (κ2) is 3.65. The van der Waals surface area contributed by atoms with Crippen molar-refractivity contribution < 1.29 is 0 Å². The maximum absolute atomic E-state index is 4.39. The number of aromatic nitrogens is 5. The van der Waals surface area contributed by atoms with Crippen LogP contribution in [0.3, 0.4) is 0 Å². The number of nitrogens with zero attached hydrogens (tertiary/aromatic N) is 5. The van der Waals surface area contributed by atoms with Crippen LogP contribution in [0.2, 0.25) is 0 Å². The highest BCUT2D eigenvalue weighted by Crippen LogP contribution is 2.28. The van der Waals surface area contributed by atoms with Gasteiger partial charge in [0.25, 0.3) is 0 Å². The van der Waals surface area contributed by atoms with Gasteiger partial charge in [-0.2, -0.15) is 9.61 Å². The summed E-state index contributed by atoms with van der Waals surface area (Å²) < 4.78 is 3.86. The van der Waals surface area contributed by atoms with Crippen LogP contribution < -0.4 is 0 Å². The van der Waals surface area contributed by atoms with Crippen LogP contribution in [0.15, 0.2) is 49.1 Å². The van der Waals surface area contributed by atoms with Gasteiger partial charge in [-0.25, -0.2) is 9.97 Å². The van der Waals surface area contributed by atoms with Crippen LogP contribution in [0.25, 0.3) is 27.9 Å². The van der Waals surface area contributed by atoms with Gasteiger partial charge in [0.1, 0.15) is 6.33 Å². The Morgan fingerprint density at radius 1 is 1.05 bits per heavy atom. The smallest absolute Gasteiger partial charge is 0.166 e. The van der Waals surface area contributed by atoms with E-state index in [0.717, 1.165) is 17.0 Å². The van der Waals surface area contributed by atoms with E-state index in [1.54, 1.807) is 17.0 Å². The number of rotatable bonds is 1. The largest absolute Gasteiger partial charge is 0.350 e. The molecule has 0 aliphatic carbocycles. The first kappa shape index (κ1) is 10.3. The summed E-state index contributed by atoms with van der Waals surface area (Å²) in [7, 11) is 2.04. The summed E-state index contributed by atoms with van der Waals surface area (Å²) in [6.45, 7) is 0. The van der Waals surface area contributed by atoms with Crippen molar-refractivity contribution in [3.8, 4) is 11.4 Å². The van der Waals surface area contributed by atoms with E-state index in [2.05, 4.69) is 38.0 Å². The van der Waals surface area contributed by atoms with Crippen molar-refractivity contribution in [1.29, 1.82) is 0 Å². The van der Waals surface area contributed by atoms with E-state index in [0.29, 0.717) is 0 Å². The Morgan fingerprint density at radius 2 is 1.95 bits per heavy atom. The molecule has 3 heterocycles. The minimum atomic E-state index is 0.804. The van der Waals surface area contributed by atoms with Gasteiger partial charge in [-0.1, -0.05) is 18.2 Å². The molecule has 19 heavy (non-hydrogen) atoms. The molecule has 5 nitrogen and oxygen atoms in total. The molecule has 0 aliphatic rings. The Balaban J connectivity index is 2.12. The van der Waals surface area contributed by atoms with Crippen molar-refractivity contribution in [2.45, 2.75) is 0 Å². The maximum atomic E-state index is 4.39. The molecular weight excluding hydrogens is 238 g/mol. The van der Waals surface area contributed by atoms with Gasteiger partial charge in [0.05, 0.1) is 6.20 Å². The van der Waals surface area contributed by atoms with Gasteiger partial charge in [0.2, 0.25) is 0 Å². The molecule has 0 amide bonds. The second-order valence-corrected chi connectivity index (χ2v) is 4.47.